The van der Waals surface area contributed by atoms with Gasteiger partial charge in [0, 0.05) is 19.3 Å². The predicted octanol–water partition coefficient (Wildman–Crippen LogP) is 26.3. The molecule has 0 saturated heterocycles. The molecule has 83 heavy (non-hydrogen) atoms. The van der Waals surface area contributed by atoms with E-state index in [2.05, 4.69) is 32.9 Å². The molecule has 0 N–H and O–H groups in total. The van der Waals surface area contributed by atoms with Crippen molar-refractivity contribution in [2.45, 2.75) is 451 Å². The number of carbonyl (C=O) groups is 3. The van der Waals surface area contributed by atoms with E-state index in [1.807, 2.05) is 0 Å². The van der Waals surface area contributed by atoms with E-state index in [4.69, 9.17) is 14.2 Å². The second-order valence-corrected chi connectivity index (χ2v) is 26.3. The maximum atomic E-state index is 13.0. The maximum absolute atomic E-state index is 13.0. The van der Waals surface area contributed by atoms with Crippen molar-refractivity contribution in [1.82, 2.24) is 0 Å². The molecule has 0 fully saturated rings. The predicted molar refractivity (Wildman–Crippen MR) is 363 cm³/mol. The highest BCUT2D eigenvalue weighted by atomic mass is 16.6. The maximum Gasteiger partial charge on any atom is 0.306 e. The van der Waals surface area contributed by atoms with E-state index in [0.29, 0.717) is 19.3 Å². The Kier molecular flexibility index (Phi) is 71.0. The normalized spacial score (nSPS) is 12.0. The molecule has 0 rings (SSSR count). The number of carbonyl (C=O) groups excluding carboxylic acids is 3. The smallest absolute Gasteiger partial charge is 0.306 e. The van der Waals surface area contributed by atoms with E-state index in [9.17, 15) is 14.4 Å². The largest absolute Gasteiger partial charge is 0.462 e. The van der Waals surface area contributed by atoms with Crippen molar-refractivity contribution in [2.24, 2.45) is 0 Å². The van der Waals surface area contributed by atoms with Gasteiger partial charge in [0.25, 0.3) is 0 Å². The summed E-state index contributed by atoms with van der Waals surface area (Å²) in [5.41, 5.74) is 0. The standard InChI is InChI=1S/C77H148O6/c1-4-7-10-13-16-19-22-25-28-31-33-35-37-38-39-40-42-43-46-49-52-55-58-61-64-67-70-76(79)82-73-74(72-81-75(78)69-66-63-60-57-54-51-48-45-30-27-24-21-18-15-12-9-6-3)83-77(80)71-68-65-62-59-56-53-50-47-44-41-36-34-32-29-26-23-20-17-14-11-8-5-2/h27,30,74H,4-26,28-29,31-73H2,1-3H3/b30-27-. The van der Waals surface area contributed by atoms with Crippen LogP contribution in [0.1, 0.15) is 445 Å². The lowest BCUT2D eigenvalue weighted by Crippen LogP contribution is -2.30. The van der Waals surface area contributed by atoms with Gasteiger partial charge in [-0.1, -0.05) is 392 Å². The van der Waals surface area contributed by atoms with Crippen LogP contribution in [-0.4, -0.2) is 37.2 Å². The Bertz CT molecular complexity index is 1300. The average molecular weight is 1170 g/mol. The third-order valence-electron chi connectivity index (χ3n) is 17.8. The molecule has 0 aliphatic carbocycles. The highest BCUT2D eigenvalue weighted by Crippen LogP contribution is 2.20. The molecule has 0 spiro atoms. The van der Waals surface area contributed by atoms with E-state index < -0.39 is 6.10 Å². The van der Waals surface area contributed by atoms with Crippen LogP contribution in [0.3, 0.4) is 0 Å². The Morgan fingerprint density at radius 2 is 0.398 bits per heavy atom. The SMILES string of the molecule is CCCCCCCC/C=C\CCCCCCCCCC(=O)OCC(COC(=O)CCCCCCCCCCCCCCCCCCCCCCCCCCCC)OC(=O)CCCCCCCCCCCCCCCCCCCCCCCC. The van der Waals surface area contributed by atoms with Gasteiger partial charge >= 0.3 is 17.9 Å². The molecule has 1 unspecified atom stereocenters. The van der Waals surface area contributed by atoms with E-state index in [0.717, 1.165) is 57.8 Å². The minimum Gasteiger partial charge on any atom is -0.462 e. The lowest BCUT2D eigenvalue weighted by molar-refractivity contribution is -0.167. The molecule has 0 radical (unpaired) electrons. The van der Waals surface area contributed by atoms with Crippen LogP contribution in [0, 0.1) is 0 Å². The molecule has 0 aromatic rings. The highest BCUT2D eigenvalue weighted by molar-refractivity contribution is 5.71. The fourth-order valence-corrected chi connectivity index (χ4v) is 12.0. The Morgan fingerprint density at radius 1 is 0.229 bits per heavy atom. The van der Waals surface area contributed by atoms with Crippen molar-refractivity contribution in [3.05, 3.63) is 12.2 Å². The minimum absolute atomic E-state index is 0.0639. The Labute approximate surface area is 520 Å². The van der Waals surface area contributed by atoms with E-state index in [1.54, 1.807) is 0 Å². The van der Waals surface area contributed by atoms with E-state index >= 15 is 0 Å². The lowest BCUT2D eigenvalue weighted by atomic mass is 10.0. The molecule has 1 atom stereocenters. The second kappa shape index (κ2) is 72.6. The van der Waals surface area contributed by atoms with Gasteiger partial charge in [-0.25, -0.2) is 0 Å². The summed E-state index contributed by atoms with van der Waals surface area (Å²) >= 11 is 0. The first-order chi connectivity index (χ1) is 41.0. The number of hydrogen-bond acceptors (Lipinski definition) is 6. The molecule has 0 aliphatic rings. The van der Waals surface area contributed by atoms with Crippen LogP contribution in [0.25, 0.3) is 0 Å². The van der Waals surface area contributed by atoms with Crippen LogP contribution in [0.15, 0.2) is 12.2 Å². The summed E-state index contributed by atoms with van der Waals surface area (Å²) in [6.07, 6.45) is 88.3. The summed E-state index contributed by atoms with van der Waals surface area (Å²) in [6.45, 7) is 6.74. The summed E-state index contributed by atoms with van der Waals surface area (Å²) in [7, 11) is 0. The first kappa shape index (κ1) is 81.2. The Balaban J connectivity index is 4.24. The number of esters is 3. The summed E-state index contributed by atoms with van der Waals surface area (Å²) in [5, 5.41) is 0. The quantitative estimate of drug-likeness (QED) is 0.0261. The summed E-state index contributed by atoms with van der Waals surface area (Å²) in [6, 6.07) is 0. The average Bonchev–Trinajstić information content (AvgIpc) is 3.50. The second-order valence-electron chi connectivity index (χ2n) is 26.3. The molecule has 0 aromatic heterocycles. The van der Waals surface area contributed by atoms with Crippen molar-refractivity contribution < 1.29 is 28.6 Å². The van der Waals surface area contributed by atoms with E-state index in [-0.39, 0.29) is 31.1 Å². The van der Waals surface area contributed by atoms with Gasteiger partial charge in [0.05, 0.1) is 0 Å². The van der Waals surface area contributed by atoms with Crippen LogP contribution in [0.2, 0.25) is 0 Å². The van der Waals surface area contributed by atoms with E-state index in [1.165, 1.54) is 347 Å². The van der Waals surface area contributed by atoms with Gasteiger partial charge in [0.1, 0.15) is 13.2 Å². The van der Waals surface area contributed by atoms with Crippen molar-refractivity contribution in [3.8, 4) is 0 Å². The fraction of sp³-hybridized carbons (Fsp3) is 0.935. The van der Waals surface area contributed by atoms with Crippen molar-refractivity contribution in [2.75, 3.05) is 13.2 Å². The fourth-order valence-electron chi connectivity index (χ4n) is 12.0. The first-order valence-electron chi connectivity index (χ1n) is 38.2. The third kappa shape index (κ3) is 70.8. The highest BCUT2D eigenvalue weighted by Gasteiger charge is 2.20. The van der Waals surface area contributed by atoms with Gasteiger partial charge < -0.3 is 14.2 Å². The molecule has 0 saturated carbocycles. The molecular weight excluding hydrogens is 1020 g/mol. The molecular formula is C77H148O6. The van der Waals surface area contributed by atoms with Gasteiger partial charge in [-0.2, -0.15) is 0 Å². The molecule has 0 heterocycles. The van der Waals surface area contributed by atoms with Crippen LogP contribution in [0.4, 0.5) is 0 Å². The summed E-state index contributed by atoms with van der Waals surface area (Å²) in [5.74, 6) is -0.827. The topological polar surface area (TPSA) is 78.9 Å². The van der Waals surface area contributed by atoms with Gasteiger partial charge in [-0.05, 0) is 44.9 Å². The zero-order valence-electron chi connectivity index (χ0n) is 56.8. The number of unbranched alkanes of at least 4 members (excludes halogenated alkanes) is 59. The third-order valence-corrected chi connectivity index (χ3v) is 17.8. The van der Waals surface area contributed by atoms with Crippen LogP contribution < -0.4 is 0 Å². The molecule has 6 nitrogen and oxygen atoms in total. The van der Waals surface area contributed by atoms with Crippen molar-refractivity contribution in [3.63, 3.8) is 0 Å². The molecule has 0 aliphatic heterocycles. The summed E-state index contributed by atoms with van der Waals surface area (Å²) in [4.78, 5) is 38.6. The lowest BCUT2D eigenvalue weighted by Gasteiger charge is -2.18. The Morgan fingerprint density at radius 3 is 0.602 bits per heavy atom. The molecule has 0 amide bonds. The molecule has 492 valence electrons. The first-order valence-corrected chi connectivity index (χ1v) is 38.2. The van der Waals surface area contributed by atoms with Gasteiger partial charge in [0.2, 0.25) is 0 Å². The van der Waals surface area contributed by atoms with Gasteiger partial charge in [0.15, 0.2) is 6.10 Å². The van der Waals surface area contributed by atoms with Crippen LogP contribution >= 0.6 is 0 Å². The monoisotopic (exact) mass is 1170 g/mol. The number of allylic oxidation sites excluding steroid dienone is 2. The van der Waals surface area contributed by atoms with Gasteiger partial charge in [-0.3, -0.25) is 14.4 Å². The minimum atomic E-state index is -0.769. The molecule has 0 aromatic carbocycles. The summed E-state index contributed by atoms with van der Waals surface area (Å²) < 4.78 is 17.1. The zero-order valence-corrected chi connectivity index (χ0v) is 56.8. The van der Waals surface area contributed by atoms with Gasteiger partial charge in [-0.15, -0.1) is 0 Å². The molecule has 6 heteroatoms. The zero-order chi connectivity index (χ0) is 59.9. The van der Waals surface area contributed by atoms with Crippen LogP contribution in [0.5, 0.6) is 0 Å². The number of ether oxygens (including phenoxy) is 3. The number of hydrogen-bond donors (Lipinski definition) is 0. The van der Waals surface area contributed by atoms with Crippen LogP contribution in [-0.2, 0) is 28.6 Å². The van der Waals surface area contributed by atoms with Crippen molar-refractivity contribution in [1.29, 1.82) is 0 Å². The Hall–Kier alpha value is -1.85. The van der Waals surface area contributed by atoms with Crippen molar-refractivity contribution >= 4 is 17.9 Å². The number of rotatable bonds is 72. The molecule has 0 bridgehead atoms.